The Bertz CT molecular complexity index is 928. The average Bonchev–Trinajstić information content (AvgIpc) is 3.05. The number of rotatable bonds is 6. The van der Waals surface area contributed by atoms with Crippen LogP contribution in [0.5, 0.6) is 0 Å². The van der Waals surface area contributed by atoms with Gasteiger partial charge >= 0.3 is 5.97 Å². The molecular formula is C21H21NO4. The fourth-order valence-electron chi connectivity index (χ4n) is 3.11. The zero-order valence-electron chi connectivity index (χ0n) is 14.7. The highest BCUT2D eigenvalue weighted by Crippen LogP contribution is 2.26. The molecule has 0 radical (unpaired) electrons. The van der Waals surface area contributed by atoms with Gasteiger partial charge in [-0.1, -0.05) is 56.3 Å². The number of aromatic carboxylic acids is 1. The average molecular weight is 351 g/mol. The second-order valence-electron chi connectivity index (χ2n) is 6.70. The summed E-state index contributed by atoms with van der Waals surface area (Å²) in [5, 5.41) is 13.2. The maximum absolute atomic E-state index is 12.9. The minimum Gasteiger partial charge on any atom is -0.475 e. The molecule has 0 spiro atoms. The number of carboxylic acids is 1. The van der Waals surface area contributed by atoms with Gasteiger partial charge in [0.2, 0.25) is 5.76 Å². The molecule has 1 heterocycles. The summed E-state index contributed by atoms with van der Waals surface area (Å²) in [6.45, 7) is 4.22. The Morgan fingerprint density at radius 2 is 1.77 bits per heavy atom. The molecule has 26 heavy (non-hydrogen) atoms. The summed E-state index contributed by atoms with van der Waals surface area (Å²) < 4.78 is 5.14. The Labute approximate surface area is 151 Å². The highest BCUT2D eigenvalue weighted by molar-refractivity contribution is 6.11. The first-order chi connectivity index (χ1) is 12.5. The molecule has 0 fully saturated rings. The molecule has 5 nitrogen and oxygen atoms in total. The van der Waals surface area contributed by atoms with E-state index < -0.39 is 5.97 Å². The standard InChI is InChI=1S/C21H21NO4/c1-13(2)11-18(14-7-4-3-5-8-14)22-20(23)16-10-6-9-15-17(16)12-26-19(15)21(24)25/h3-10,12-13,18H,11H2,1-2H3,(H,22,23)(H,24,25). The number of carbonyl (C=O) groups is 2. The molecule has 0 aliphatic rings. The van der Waals surface area contributed by atoms with Gasteiger partial charge in [-0.3, -0.25) is 4.79 Å². The lowest BCUT2D eigenvalue weighted by atomic mass is 9.96. The minimum absolute atomic E-state index is 0.121. The first kappa shape index (κ1) is 17.7. The van der Waals surface area contributed by atoms with Crippen LogP contribution in [-0.2, 0) is 0 Å². The summed E-state index contributed by atoms with van der Waals surface area (Å²) in [6.07, 6.45) is 2.13. The van der Waals surface area contributed by atoms with Crippen LogP contribution < -0.4 is 5.32 Å². The molecule has 1 atom stereocenters. The Morgan fingerprint density at radius 3 is 2.42 bits per heavy atom. The van der Waals surface area contributed by atoms with Crippen LogP contribution in [0.25, 0.3) is 10.8 Å². The predicted octanol–water partition coefficient (Wildman–Crippen LogP) is 4.65. The predicted molar refractivity (Wildman–Crippen MR) is 99.3 cm³/mol. The summed E-state index contributed by atoms with van der Waals surface area (Å²) >= 11 is 0. The van der Waals surface area contributed by atoms with Crippen LogP contribution >= 0.6 is 0 Å². The maximum Gasteiger partial charge on any atom is 0.372 e. The lowest BCUT2D eigenvalue weighted by molar-refractivity contribution is 0.0665. The van der Waals surface area contributed by atoms with Crippen molar-refractivity contribution < 1.29 is 19.1 Å². The van der Waals surface area contributed by atoms with E-state index in [1.807, 2.05) is 30.3 Å². The number of hydrogen-bond donors (Lipinski definition) is 2. The van der Waals surface area contributed by atoms with Gasteiger partial charge in [-0.2, -0.15) is 0 Å². The number of benzene rings is 2. The van der Waals surface area contributed by atoms with Crippen LogP contribution in [-0.4, -0.2) is 17.0 Å². The van der Waals surface area contributed by atoms with Crippen molar-refractivity contribution in [3.8, 4) is 0 Å². The monoisotopic (exact) mass is 351 g/mol. The van der Waals surface area contributed by atoms with Crippen LogP contribution in [0.2, 0.25) is 0 Å². The van der Waals surface area contributed by atoms with Crippen molar-refractivity contribution in [3.63, 3.8) is 0 Å². The second kappa shape index (κ2) is 7.44. The Hall–Kier alpha value is -3.08. The van der Waals surface area contributed by atoms with Gasteiger partial charge in [-0.25, -0.2) is 4.79 Å². The van der Waals surface area contributed by atoms with E-state index >= 15 is 0 Å². The number of fused-ring (bicyclic) bond motifs is 1. The molecule has 2 N–H and O–H groups in total. The van der Waals surface area contributed by atoms with Gasteiger partial charge in [0.05, 0.1) is 11.6 Å². The van der Waals surface area contributed by atoms with E-state index in [9.17, 15) is 14.7 Å². The zero-order valence-corrected chi connectivity index (χ0v) is 14.7. The molecule has 5 heteroatoms. The van der Waals surface area contributed by atoms with Crippen molar-refractivity contribution in [2.24, 2.45) is 5.92 Å². The number of carboxylic acid groups (broad SMARTS) is 1. The number of nitrogens with one attached hydrogen (secondary N) is 1. The Morgan fingerprint density at radius 1 is 1.04 bits per heavy atom. The molecule has 1 unspecified atom stereocenters. The normalized spacial score (nSPS) is 12.3. The fourth-order valence-corrected chi connectivity index (χ4v) is 3.11. The number of hydrogen-bond acceptors (Lipinski definition) is 3. The van der Waals surface area contributed by atoms with Gasteiger partial charge in [-0.05, 0) is 24.0 Å². The third kappa shape index (κ3) is 3.61. The number of furan rings is 1. The van der Waals surface area contributed by atoms with Crippen molar-refractivity contribution in [2.75, 3.05) is 0 Å². The van der Waals surface area contributed by atoms with Gasteiger partial charge < -0.3 is 14.8 Å². The largest absolute Gasteiger partial charge is 0.475 e. The SMILES string of the molecule is CC(C)CC(NC(=O)c1cccc2c(C(=O)O)occ12)c1ccccc1. The molecule has 2 aromatic carbocycles. The van der Waals surface area contributed by atoms with E-state index in [2.05, 4.69) is 19.2 Å². The van der Waals surface area contributed by atoms with E-state index in [0.717, 1.165) is 12.0 Å². The van der Waals surface area contributed by atoms with Gasteiger partial charge in [-0.15, -0.1) is 0 Å². The van der Waals surface area contributed by atoms with Crippen molar-refractivity contribution in [1.29, 1.82) is 0 Å². The third-order valence-corrected chi connectivity index (χ3v) is 4.30. The molecule has 3 aromatic rings. The van der Waals surface area contributed by atoms with Crippen molar-refractivity contribution in [1.82, 2.24) is 5.32 Å². The summed E-state index contributed by atoms with van der Waals surface area (Å²) in [5.74, 6) is -1.15. The Balaban J connectivity index is 1.93. The Kier molecular flexibility index (Phi) is 5.07. The van der Waals surface area contributed by atoms with E-state index in [1.54, 1.807) is 18.2 Å². The maximum atomic E-state index is 12.9. The molecule has 1 aromatic heterocycles. The fraction of sp³-hybridized carbons (Fsp3) is 0.238. The summed E-state index contributed by atoms with van der Waals surface area (Å²) in [6, 6.07) is 14.7. The summed E-state index contributed by atoms with van der Waals surface area (Å²) in [4.78, 5) is 24.1. The molecule has 0 bridgehead atoms. The van der Waals surface area contributed by atoms with Crippen LogP contribution in [0.3, 0.4) is 0 Å². The van der Waals surface area contributed by atoms with Crippen LogP contribution in [0, 0.1) is 5.92 Å². The first-order valence-electron chi connectivity index (χ1n) is 8.56. The molecular weight excluding hydrogens is 330 g/mol. The number of carbonyl (C=O) groups excluding carboxylic acids is 1. The molecule has 0 aliphatic heterocycles. The molecule has 134 valence electrons. The topological polar surface area (TPSA) is 79.5 Å². The van der Waals surface area contributed by atoms with Crippen LogP contribution in [0.1, 0.15) is 52.8 Å². The zero-order chi connectivity index (χ0) is 18.7. The first-order valence-corrected chi connectivity index (χ1v) is 8.56. The van der Waals surface area contributed by atoms with Gasteiger partial charge in [0.15, 0.2) is 0 Å². The lowest BCUT2D eigenvalue weighted by Gasteiger charge is -2.21. The van der Waals surface area contributed by atoms with Gasteiger partial charge in [0.25, 0.3) is 5.91 Å². The molecule has 1 amide bonds. The number of amides is 1. The summed E-state index contributed by atoms with van der Waals surface area (Å²) in [7, 11) is 0. The molecule has 0 saturated carbocycles. The second-order valence-corrected chi connectivity index (χ2v) is 6.70. The van der Waals surface area contributed by atoms with Crippen LogP contribution in [0.15, 0.2) is 59.2 Å². The van der Waals surface area contributed by atoms with E-state index in [4.69, 9.17) is 4.42 Å². The van der Waals surface area contributed by atoms with Crippen molar-refractivity contribution in [3.05, 3.63) is 71.7 Å². The lowest BCUT2D eigenvalue weighted by Crippen LogP contribution is -2.29. The highest BCUT2D eigenvalue weighted by Gasteiger charge is 2.21. The van der Waals surface area contributed by atoms with E-state index in [0.29, 0.717) is 22.3 Å². The van der Waals surface area contributed by atoms with E-state index in [-0.39, 0.29) is 17.7 Å². The van der Waals surface area contributed by atoms with Gasteiger partial charge in [0.1, 0.15) is 6.26 Å². The molecule has 0 aliphatic carbocycles. The summed E-state index contributed by atoms with van der Waals surface area (Å²) in [5.41, 5.74) is 1.45. The van der Waals surface area contributed by atoms with Crippen LogP contribution in [0.4, 0.5) is 0 Å². The molecule has 3 rings (SSSR count). The van der Waals surface area contributed by atoms with Crippen molar-refractivity contribution in [2.45, 2.75) is 26.3 Å². The van der Waals surface area contributed by atoms with Crippen molar-refractivity contribution >= 4 is 22.6 Å². The smallest absolute Gasteiger partial charge is 0.372 e. The third-order valence-electron chi connectivity index (χ3n) is 4.30. The van der Waals surface area contributed by atoms with E-state index in [1.165, 1.54) is 6.26 Å². The molecule has 0 saturated heterocycles. The van der Waals surface area contributed by atoms with Gasteiger partial charge in [0, 0.05) is 10.8 Å². The quantitative estimate of drug-likeness (QED) is 0.677. The minimum atomic E-state index is -1.15. The highest BCUT2D eigenvalue weighted by atomic mass is 16.4.